The third kappa shape index (κ3) is 4.23. The van der Waals surface area contributed by atoms with E-state index in [4.69, 9.17) is 4.42 Å². The minimum absolute atomic E-state index is 0.169. The molecule has 0 spiro atoms. The van der Waals surface area contributed by atoms with E-state index in [-0.39, 0.29) is 5.91 Å². The fourth-order valence-corrected chi connectivity index (χ4v) is 2.63. The zero-order chi connectivity index (χ0) is 16.1. The third-order valence-corrected chi connectivity index (χ3v) is 4.06. The molecular formula is C18H22N3O2+. The molecule has 1 aromatic carbocycles. The number of rotatable bonds is 4. The van der Waals surface area contributed by atoms with Gasteiger partial charge in [-0.15, -0.1) is 0 Å². The number of nitrogens with one attached hydrogen (secondary N) is 2. The zero-order valence-electron chi connectivity index (χ0n) is 13.3. The van der Waals surface area contributed by atoms with Gasteiger partial charge in [-0.05, 0) is 42.5 Å². The second-order valence-corrected chi connectivity index (χ2v) is 5.83. The summed E-state index contributed by atoms with van der Waals surface area (Å²) >= 11 is 0. The van der Waals surface area contributed by atoms with Gasteiger partial charge in [0.25, 0.3) is 0 Å². The minimum atomic E-state index is -0.169. The van der Waals surface area contributed by atoms with E-state index in [0.29, 0.717) is 5.76 Å². The highest BCUT2D eigenvalue weighted by atomic mass is 16.3. The number of quaternary nitrogens is 1. The van der Waals surface area contributed by atoms with Gasteiger partial charge in [0.15, 0.2) is 0 Å². The van der Waals surface area contributed by atoms with Gasteiger partial charge in [-0.1, -0.05) is 0 Å². The van der Waals surface area contributed by atoms with E-state index in [1.165, 1.54) is 11.8 Å². The van der Waals surface area contributed by atoms with Gasteiger partial charge in [0.05, 0.1) is 39.5 Å². The molecule has 1 aliphatic rings. The maximum atomic E-state index is 11.9. The maximum Gasteiger partial charge on any atom is 0.248 e. The van der Waals surface area contributed by atoms with Crippen LogP contribution >= 0.6 is 0 Å². The summed E-state index contributed by atoms with van der Waals surface area (Å²) < 4.78 is 5.15. The Morgan fingerprint density at radius 1 is 1.22 bits per heavy atom. The van der Waals surface area contributed by atoms with Crippen LogP contribution < -0.4 is 15.1 Å². The maximum absolute atomic E-state index is 11.9. The number of nitrogens with zero attached hydrogens (tertiary/aromatic N) is 1. The lowest BCUT2D eigenvalue weighted by Gasteiger charge is -2.31. The number of amides is 1. The van der Waals surface area contributed by atoms with Gasteiger partial charge in [-0.3, -0.25) is 4.79 Å². The highest BCUT2D eigenvalue weighted by molar-refractivity contribution is 6.01. The first-order valence-corrected chi connectivity index (χ1v) is 7.89. The molecule has 3 rings (SSSR count). The SMILES string of the molecule is C[NH+]1CCN(c2ccc(NC(=O)C=Cc3ccco3)cc2)CC1. The molecule has 0 atom stereocenters. The van der Waals surface area contributed by atoms with Crippen LogP contribution in [0, 0.1) is 0 Å². The molecule has 5 nitrogen and oxygen atoms in total. The molecule has 0 bridgehead atoms. The monoisotopic (exact) mass is 312 g/mol. The Kier molecular flexibility index (Phi) is 4.78. The van der Waals surface area contributed by atoms with Crippen LogP contribution in [-0.4, -0.2) is 39.1 Å². The predicted octanol–water partition coefficient (Wildman–Crippen LogP) is 1.27. The van der Waals surface area contributed by atoms with Gasteiger partial charge in [0, 0.05) is 17.5 Å². The largest absolute Gasteiger partial charge is 0.465 e. The van der Waals surface area contributed by atoms with E-state index in [9.17, 15) is 4.79 Å². The quantitative estimate of drug-likeness (QED) is 0.836. The van der Waals surface area contributed by atoms with E-state index in [0.717, 1.165) is 31.9 Å². The molecule has 1 saturated heterocycles. The van der Waals surface area contributed by atoms with Crippen LogP contribution in [0.15, 0.2) is 53.2 Å². The van der Waals surface area contributed by atoms with Crippen molar-refractivity contribution in [3.8, 4) is 0 Å². The van der Waals surface area contributed by atoms with E-state index in [1.54, 1.807) is 29.4 Å². The van der Waals surface area contributed by atoms with Crippen molar-refractivity contribution in [3.05, 3.63) is 54.5 Å². The smallest absolute Gasteiger partial charge is 0.248 e. The van der Waals surface area contributed by atoms with Crippen molar-refractivity contribution >= 4 is 23.4 Å². The molecule has 2 heterocycles. The molecule has 120 valence electrons. The second kappa shape index (κ2) is 7.15. The van der Waals surface area contributed by atoms with Crippen molar-refractivity contribution in [2.24, 2.45) is 0 Å². The Bertz CT molecular complexity index is 654. The molecule has 0 saturated carbocycles. The summed E-state index contributed by atoms with van der Waals surface area (Å²) in [6.45, 7) is 4.47. The molecule has 0 radical (unpaired) electrons. The summed E-state index contributed by atoms with van der Waals surface area (Å²) in [7, 11) is 2.23. The van der Waals surface area contributed by atoms with Crippen molar-refractivity contribution in [1.29, 1.82) is 0 Å². The number of likely N-dealkylation sites (N-methyl/N-ethyl adjacent to an activating group) is 1. The summed E-state index contributed by atoms with van der Waals surface area (Å²) in [5.74, 6) is 0.491. The van der Waals surface area contributed by atoms with Crippen LogP contribution in [0.25, 0.3) is 6.08 Å². The topological polar surface area (TPSA) is 49.9 Å². The van der Waals surface area contributed by atoms with Gasteiger partial charge in [-0.25, -0.2) is 0 Å². The fourth-order valence-electron chi connectivity index (χ4n) is 2.63. The Morgan fingerprint density at radius 2 is 1.96 bits per heavy atom. The summed E-state index contributed by atoms with van der Waals surface area (Å²) in [4.78, 5) is 15.8. The average molecular weight is 312 g/mol. The number of piperazine rings is 1. The van der Waals surface area contributed by atoms with Gasteiger partial charge in [0.1, 0.15) is 5.76 Å². The van der Waals surface area contributed by atoms with E-state index in [1.807, 2.05) is 12.1 Å². The van der Waals surface area contributed by atoms with Gasteiger partial charge in [-0.2, -0.15) is 0 Å². The molecular weight excluding hydrogens is 290 g/mol. The third-order valence-electron chi connectivity index (χ3n) is 4.06. The lowest BCUT2D eigenvalue weighted by atomic mass is 10.2. The molecule has 1 aromatic heterocycles. The van der Waals surface area contributed by atoms with Gasteiger partial charge < -0.3 is 19.5 Å². The van der Waals surface area contributed by atoms with E-state index < -0.39 is 0 Å². The van der Waals surface area contributed by atoms with Gasteiger partial charge in [0.2, 0.25) is 5.91 Å². The number of hydrogen-bond donors (Lipinski definition) is 2. The first kappa shape index (κ1) is 15.4. The number of anilines is 2. The normalized spacial score (nSPS) is 16.0. The number of furan rings is 1. The molecule has 0 aliphatic carbocycles. The predicted molar refractivity (Wildman–Crippen MR) is 91.6 cm³/mol. The highest BCUT2D eigenvalue weighted by Crippen LogP contribution is 2.18. The Balaban J connectivity index is 1.56. The summed E-state index contributed by atoms with van der Waals surface area (Å²) in [5.41, 5.74) is 2.00. The van der Waals surface area contributed by atoms with Crippen molar-refractivity contribution in [2.75, 3.05) is 43.4 Å². The number of carbonyl (C=O) groups excluding carboxylic acids is 1. The van der Waals surface area contributed by atoms with Crippen LogP contribution in [0.4, 0.5) is 11.4 Å². The Morgan fingerprint density at radius 3 is 2.61 bits per heavy atom. The minimum Gasteiger partial charge on any atom is -0.465 e. The van der Waals surface area contributed by atoms with Crippen molar-refractivity contribution in [1.82, 2.24) is 0 Å². The average Bonchev–Trinajstić information content (AvgIpc) is 3.08. The fraction of sp³-hybridized carbons (Fsp3) is 0.278. The molecule has 2 aromatic rings. The second-order valence-electron chi connectivity index (χ2n) is 5.83. The highest BCUT2D eigenvalue weighted by Gasteiger charge is 2.16. The molecule has 5 heteroatoms. The van der Waals surface area contributed by atoms with Crippen LogP contribution in [0.2, 0.25) is 0 Å². The molecule has 23 heavy (non-hydrogen) atoms. The van der Waals surface area contributed by atoms with Crippen LogP contribution in [0.1, 0.15) is 5.76 Å². The number of hydrogen-bond acceptors (Lipinski definition) is 3. The van der Waals surface area contributed by atoms with Crippen molar-refractivity contribution in [2.45, 2.75) is 0 Å². The number of benzene rings is 1. The molecule has 0 unspecified atom stereocenters. The molecule has 1 amide bonds. The summed E-state index contributed by atoms with van der Waals surface area (Å²) in [6, 6.07) is 11.6. The first-order valence-electron chi connectivity index (χ1n) is 7.89. The Labute approximate surface area is 136 Å². The first-order chi connectivity index (χ1) is 11.2. The van der Waals surface area contributed by atoms with Crippen molar-refractivity contribution < 1.29 is 14.1 Å². The molecule has 2 N–H and O–H groups in total. The Hall–Kier alpha value is -2.53. The lowest BCUT2D eigenvalue weighted by Crippen LogP contribution is -3.12. The van der Waals surface area contributed by atoms with Gasteiger partial charge >= 0.3 is 0 Å². The summed E-state index contributed by atoms with van der Waals surface area (Å²) in [5, 5.41) is 2.85. The lowest BCUT2D eigenvalue weighted by molar-refractivity contribution is -0.880. The molecule has 1 aliphatic heterocycles. The van der Waals surface area contributed by atoms with Crippen LogP contribution in [-0.2, 0) is 4.79 Å². The van der Waals surface area contributed by atoms with Crippen LogP contribution in [0.5, 0.6) is 0 Å². The zero-order valence-corrected chi connectivity index (χ0v) is 13.3. The van der Waals surface area contributed by atoms with Crippen LogP contribution in [0.3, 0.4) is 0 Å². The van der Waals surface area contributed by atoms with Crippen molar-refractivity contribution in [3.63, 3.8) is 0 Å². The molecule has 1 fully saturated rings. The van der Waals surface area contributed by atoms with E-state index in [2.05, 4.69) is 29.4 Å². The van der Waals surface area contributed by atoms with E-state index >= 15 is 0 Å². The standard InChI is InChI=1S/C18H21N3O2/c1-20-10-12-21(13-11-20)16-6-4-15(5-7-16)19-18(22)9-8-17-3-2-14-23-17/h2-9,14H,10-13H2,1H3,(H,19,22)/p+1. The summed E-state index contributed by atoms with van der Waals surface area (Å²) in [6.07, 6.45) is 4.70. The number of carbonyl (C=O) groups is 1.